The molecule has 158 valence electrons. The SMILES string of the molecule is CCC(C)C(NCc1c(O)ccc2c(C)c(Cc3ccccc3)c(=O)oc12)C(=O)O. The molecule has 0 saturated heterocycles. The average Bonchev–Trinajstić information content (AvgIpc) is 2.73. The lowest BCUT2D eigenvalue weighted by molar-refractivity contribution is -0.140. The van der Waals surface area contributed by atoms with E-state index in [-0.39, 0.29) is 23.8 Å². The van der Waals surface area contributed by atoms with Crippen molar-refractivity contribution < 1.29 is 19.4 Å². The van der Waals surface area contributed by atoms with Crippen LogP contribution >= 0.6 is 0 Å². The number of aromatic hydroxyl groups is 1. The van der Waals surface area contributed by atoms with E-state index in [0.717, 1.165) is 16.5 Å². The molecule has 1 aromatic heterocycles. The minimum atomic E-state index is -0.952. The Morgan fingerprint density at radius 3 is 2.47 bits per heavy atom. The van der Waals surface area contributed by atoms with E-state index in [0.29, 0.717) is 24.0 Å². The van der Waals surface area contributed by atoms with Crippen molar-refractivity contribution in [3.63, 3.8) is 0 Å². The standard InChI is InChI=1S/C24H27NO5/c1-4-14(2)21(23(27)28)25-13-19-20(26)11-10-17-15(3)18(24(29)30-22(17)19)12-16-8-6-5-7-9-16/h5-11,14,21,25-26H,4,12-13H2,1-3H3,(H,27,28). The first-order chi connectivity index (χ1) is 14.3. The molecular weight excluding hydrogens is 382 g/mol. The molecule has 0 radical (unpaired) electrons. The molecule has 30 heavy (non-hydrogen) atoms. The van der Waals surface area contributed by atoms with Crippen LogP contribution in [0.15, 0.2) is 51.7 Å². The van der Waals surface area contributed by atoms with Gasteiger partial charge in [-0.15, -0.1) is 0 Å². The van der Waals surface area contributed by atoms with Crippen molar-refractivity contribution in [2.24, 2.45) is 5.92 Å². The Bertz CT molecular complexity index is 1100. The molecular formula is C24H27NO5. The third kappa shape index (κ3) is 4.39. The second-order valence-corrected chi connectivity index (χ2v) is 7.68. The molecule has 0 spiro atoms. The molecule has 1 heterocycles. The first kappa shape index (κ1) is 21.6. The number of hydrogen-bond acceptors (Lipinski definition) is 5. The molecule has 6 heteroatoms. The van der Waals surface area contributed by atoms with Gasteiger partial charge in [0.15, 0.2) is 0 Å². The van der Waals surface area contributed by atoms with Gasteiger partial charge in [-0.2, -0.15) is 0 Å². The Kier molecular flexibility index (Phi) is 6.57. The Balaban J connectivity index is 2.01. The minimum absolute atomic E-state index is 0.0401. The Hall–Kier alpha value is -3.12. The van der Waals surface area contributed by atoms with Crippen molar-refractivity contribution in [2.75, 3.05) is 0 Å². The zero-order valence-electron chi connectivity index (χ0n) is 17.4. The fourth-order valence-corrected chi connectivity index (χ4v) is 3.65. The van der Waals surface area contributed by atoms with Crippen LogP contribution < -0.4 is 10.9 Å². The molecule has 0 aliphatic heterocycles. The highest BCUT2D eigenvalue weighted by Gasteiger charge is 2.24. The van der Waals surface area contributed by atoms with E-state index in [1.807, 2.05) is 51.1 Å². The summed E-state index contributed by atoms with van der Waals surface area (Å²) in [5, 5.41) is 23.6. The van der Waals surface area contributed by atoms with Gasteiger partial charge in [0.25, 0.3) is 0 Å². The number of carbonyl (C=O) groups is 1. The molecule has 0 amide bonds. The third-order valence-corrected chi connectivity index (χ3v) is 5.74. The van der Waals surface area contributed by atoms with Gasteiger partial charge in [-0.05, 0) is 36.1 Å². The molecule has 0 aliphatic rings. The lowest BCUT2D eigenvalue weighted by Crippen LogP contribution is -2.41. The molecule has 2 atom stereocenters. The number of benzene rings is 2. The van der Waals surface area contributed by atoms with Crippen LogP contribution in [-0.4, -0.2) is 22.2 Å². The van der Waals surface area contributed by atoms with Crippen LogP contribution in [0.25, 0.3) is 11.0 Å². The van der Waals surface area contributed by atoms with Crippen LogP contribution in [0.3, 0.4) is 0 Å². The quantitative estimate of drug-likeness (QED) is 0.487. The number of phenols is 1. The largest absolute Gasteiger partial charge is 0.507 e. The molecule has 0 aliphatic carbocycles. The number of phenolic OH excluding ortho intramolecular Hbond substituents is 1. The highest BCUT2D eigenvalue weighted by Crippen LogP contribution is 2.30. The van der Waals surface area contributed by atoms with Crippen molar-refractivity contribution in [2.45, 2.75) is 46.2 Å². The summed E-state index contributed by atoms with van der Waals surface area (Å²) in [5.41, 5.74) is 2.59. The van der Waals surface area contributed by atoms with Gasteiger partial charge in [0.05, 0.1) is 5.56 Å². The fourth-order valence-electron chi connectivity index (χ4n) is 3.65. The van der Waals surface area contributed by atoms with Gasteiger partial charge in [-0.25, -0.2) is 4.79 Å². The lowest BCUT2D eigenvalue weighted by atomic mass is 9.97. The topological polar surface area (TPSA) is 99.8 Å². The van der Waals surface area contributed by atoms with Crippen molar-refractivity contribution in [1.29, 1.82) is 0 Å². The average molecular weight is 409 g/mol. The zero-order chi connectivity index (χ0) is 21.8. The maximum Gasteiger partial charge on any atom is 0.340 e. The lowest BCUT2D eigenvalue weighted by Gasteiger charge is -2.21. The van der Waals surface area contributed by atoms with E-state index in [9.17, 15) is 19.8 Å². The zero-order valence-corrected chi connectivity index (χ0v) is 17.4. The number of fused-ring (bicyclic) bond motifs is 1. The van der Waals surface area contributed by atoms with Gasteiger partial charge in [0.1, 0.15) is 17.4 Å². The van der Waals surface area contributed by atoms with Gasteiger partial charge in [-0.1, -0.05) is 50.6 Å². The summed E-state index contributed by atoms with van der Waals surface area (Å²) in [7, 11) is 0. The number of carboxylic acid groups (broad SMARTS) is 1. The van der Waals surface area contributed by atoms with Crippen molar-refractivity contribution in [1.82, 2.24) is 5.32 Å². The number of rotatable bonds is 8. The second kappa shape index (κ2) is 9.13. The molecule has 6 nitrogen and oxygen atoms in total. The summed E-state index contributed by atoms with van der Waals surface area (Å²) in [6.07, 6.45) is 1.15. The fraction of sp³-hybridized carbons (Fsp3) is 0.333. The summed E-state index contributed by atoms with van der Waals surface area (Å²) in [5.74, 6) is -1.08. The van der Waals surface area contributed by atoms with E-state index in [1.54, 1.807) is 12.1 Å². The maximum atomic E-state index is 12.8. The summed E-state index contributed by atoms with van der Waals surface area (Å²) in [6, 6.07) is 12.2. The Labute approximate surface area is 175 Å². The maximum absolute atomic E-state index is 12.8. The number of aryl methyl sites for hydroxylation is 1. The highest BCUT2D eigenvalue weighted by atomic mass is 16.4. The normalized spacial score (nSPS) is 13.3. The number of nitrogens with one attached hydrogen (secondary N) is 1. The van der Waals surface area contributed by atoms with Crippen LogP contribution in [0.1, 0.15) is 42.5 Å². The van der Waals surface area contributed by atoms with Crippen LogP contribution in [0.5, 0.6) is 5.75 Å². The van der Waals surface area contributed by atoms with Gasteiger partial charge in [-0.3, -0.25) is 10.1 Å². The molecule has 2 aromatic carbocycles. The summed E-state index contributed by atoms with van der Waals surface area (Å²) in [4.78, 5) is 24.4. The number of aliphatic carboxylic acids is 1. The smallest absolute Gasteiger partial charge is 0.340 e. The Morgan fingerprint density at radius 2 is 1.83 bits per heavy atom. The molecule has 0 fully saturated rings. The van der Waals surface area contributed by atoms with Gasteiger partial charge >= 0.3 is 11.6 Å². The van der Waals surface area contributed by atoms with E-state index >= 15 is 0 Å². The van der Waals surface area contributed by atoms with E-state index in [1.165, 1.54) is 0 Å². The second-order valence-electron chi connectivity index (χ2n) is 7.68. The van der Waals surface area contributed by atoms with Crippen molar-refractivity contribution >= 4 is 16.9 Å². The number of carboxylic acids is 1. The monoisotopic (exact) mass is 409 g/mol. The van der Waals surface area contributed by atoms with Crippen molar-refractivity contribution in [3.8, 4) is 5.75 Å². The Morgan fingerprint density at radius 1 is 1.13 bits per heavy atom. The predicted molar refractivity (Wildman–Crippen MR) is 116 cm³/mol. The molecule has 0 saturated carbocycles. The van der Waals surface area contributed by atoms with E-state index in [4.69, 9.17) is 4.42 Å². The van der Waals surface area contributed by atoms with Crippen LogP contribution in [0, 0.1) is 12.8 Å². The van der Waals surface area contributed by atoms with Crippen LogP contribution in [-0.2, 0) is 17.8 Å². The molecule has 3 rings (SSSR count). The predicted octanol–water partition coefficient (Wildman–Crippen LogP) is 3.99. The molecule has 2 unspecified atom stereocenters. The summed E-state index contributed by atoms with van der Waals surface area (Å²) < 4.78 is 5.63. The minimum Gasteiger partial charge on any atom is -0.507 e. The summed E-state index contributed by atoms with van der Waals surface area (Å²) in [6.45, 7) is 5.72. The highest BCUT2D eigenvalue weighted by molar-refractivity contribution is 5.86. The molecule has 3 aromatic rings. The third-order valence-electron chi connectivity index (χ3n) is 5.74. The number of hydrogen-bond donors (Lipinski definition) is 3. The van der Waals surface area contributed by atoms with E-state index in [2.05, 4.69) is 5.32 Å². The van der Waals surface area contributed by atoms with Gasteiger partial charge in [0, 0.05) is 23.9 Å². The first-order valence-electron chi connectivity index (χ1n) is 10.1. The van der Waals surface area contributed by atoms with Gasteiger partial charge in [0.2, 0.25) is 0 Å². The van der Waals surface area contributed by atoms with Gasteiger partial charge < -0.3 is 14.6 Å². The van der Waals surface area contributed by atoms with E-state index < -0.39 is 17.6 Å². The van der Waals surface area contributed by atoms with Crippen LogP contribution in [0.2, 0.25) is 0 Å². The molecule has 0 bridgehead atoms. The first-order valence-corrected chi connectivity index (χ1v) is 10.1. The van der Waals surface area contributed by atoms with Crippen LogP contribution in [0.4, 0.5) is 0 Å². The summed E-state index contributed by atoms with van der Waals surface area (Å²) >= 11 is 0. The van der Waals surface area contributed by atoms with Crippen molar-refractivity contribution in [3.05, 3.63) is 75.1 Å². The molecule has 3 N–H and O–H groups in total.